The summed E-state index contributed by atoms with van der Waals surface area (Å²) >= 11 is 8.54. The van der Waals surface area contributed by atoms with Crippen LogP contribution in [0.15, 0.2) is 15.7 Å². The summed E-state index contributed by atoms with van der Waals surface area (Å²) in [6.07, 6.45) is 2.01. The molecule has 0 saturated carbocycles. The maximum Gasteiger partial charge on any atom is 0.277 e. The van der Waals surface area contributed by atoms with Gasteiger partial charge in [-0.15, -0.1) is 10.2 Å². The normalized spacial score (nSPS) is 11.4. The number of anilines is 1. The first-order valence-electron chi connectivity index (χ1n) is 5.81. The standard InChI is InChI=1S/C10H10ClN5O3S3/c1-3-20-10-16-15-8(21-10)14-7(17)6-5(11)4-12-9(13-6)22(2,18)19/h4H,3H2,1-2H3,(H,14,15,17). The summed E-state index contributed by atoms with van der Waals surface area (Å²) in [5.74, 6) is 0.152. The Labute approximate surface area is 139 Å². The van der Waals surface area contributed by atoms with E-state index in [1.54, 1.807) is 0 Å². The zero-order valence-electron chi connectivity index (χ0n) is 11.4. The molecule has 0 unspecified atom stereocenters. The molecule has 0 aromatic carbocycles. The highest BCUT2D eigenvalue weighted by Crippen LogP contribution is 2.25. The highest BCUT2D eigenvalue weighted by molar-refractivity contribution is 8.01. The predicted octanol–water partition coefficient (Wildman–Crippen LogP) is 1.75. The van der Waals surface area contributed by atoms with E-state index in [2.05, 4.69) is 25.5 Å². The van der Waals surface area contributed by atoms with Crippen LogP contribution in [-0.4, -0.2) is 46.5 Å². The Bertz CT molecular complexity index is 808. The largest absolute Gasteiger partial charge is 0.295 e. The van der Waals surface area contributed by atoms with Crippen LogP contribution in [0.2, 0.25) is 5.02 Å². The fraction of sp³-hybridized carbons (Fsp3) is 0.300. The summed E-state index contributed by atoms with van der Waals surface area (Å²) < 4.78 is 23.6. The molecule has 2 aromatic heterocycles. The fourth-order valence-corrected chi connectivity index (χ4v) is 3.61. The monoisotopic (exact) mass is 379 g/mol. The van der Waals surface area contributed by atoms with Crippen molar-refractivity contribution in [2.24, 2.45) is 0 Å². The SMILES string of the molecule is CCSc1nnc(NC(=O)c2nc(S(C)(=O)=O)ncc2Cl)s1. The van der Waals surface area contributed by atoms with E-state index in [0.29, 0.717) is 4.34 Å². The first-order valence-corrected chi connectivity index (χ1v) is 9.88. The highest BCUT2D eigenvalue weighted by atomic mass is 35.5. The van der Waals surface area contributed by atoms with Crippen LogP contribution >= 0.6 is 34.7 Å². The Kier molecular flexibility index (Phi) is 5.32. The lowest BCUT2D eigenvalue weighted by Gasteiger charge is -2.04. The molecule has 0 radical (unpaired) electrons. The smallest absolute Gasteiger partial charge is 0.277 e. The number of amides is 1. The average molecular weight is 380 g/mol. The quantitative estimate of drug-likeness (QED) is 0.474. The molecule has 0 bridgehead atoms. The first kappa shape index (κ1) is 17.1. The molecule has 2 aromatic rings. The molecular formula is C10H10ClN5O3S3. The Morgan fingerprint density at radius 2 is 2.18 bits per heavy atom. The number of halogens is 1. The third-order valence-electron chi connectivity index (χ3n) is 2.16. The van der Waals surface area contributed by atoms with Crippen molar-refractivity contribution in [1.29, 1.82) is 0 Å². The van der Waals surface area contributed by atoms with E-state index >= 15 is 0 Å². The number of thioether (sulfide) groups is 1. The van der Waals surface area contributed by atoms with E-state index in [9.17, 15) is 13.2 Å². The minimum Gasteiger partial charge on any atom is -0.295 e. The summed E-state index contributed by atoms with van der Waals surface area (Å²) in [5, 5.41) is 9.92. The molecule has 8 nitrogen and oxygen atoms in total. The van der Waals surface area contributed by atoms with Gasteiger partial charge >= 0.3 is 0 Å². The fourth-order valence-electron chi connectivity index (χ4n) is 1.29. The summed E-state index contributed by atoms with van der Waals surface area (Å²) in [7, 11) is -3.64. The van der Waals surface area contributed by atoms with Crippen LogP contribution in [0.5, 0.6) is 0 Å². The summed E-state index contributed by atoms with van der Waals surface area (Å²) in [4.78, 5) is 19.4. The number of sulfone groups is 1. The molecule has 12 heteroatoms. The zero-order chi connectivity index (χ0) is 16.3. The second-order valence-corrected chi connectivity index (χ2v) is 8.69. The van der Waals surface area contributed by atoms with E-state index in [0.717, 1.165) is 18.2 Å². The second-order valence-electron chi connectivity index (χ2n) is 3.88. The van der Waals surface area contributed by atoms with Gasteiger partial charge in [0.05, 0.1) is 11.2 Å². The second kappa shape index (κ2) is 6.86. The molecule has 2 heterocycles. The Hall–Kier alpha value is -1.30. The number of aromatic nitrogens is 4. The topological polar surface area (TPSA) is 115 Å². The minimum atomic E-state index is -3.64. The predicted molar refractivity (Wildman–Crippen MR) is 84.4 cm³/mol. The van der Waals surface area contributed by atoms with Gasteiger partial charge in [0.1, 0.15) is 0 Å². The van der Waals surface area contributed by atoms with Gasteiger partial charge in [0.15, 0.2) is 10.0 Å². The third kappa shape index (κ3) is 4.12. The molecule has 0 aliphatic rings. The summed E-state index contributed by atoms with van der Waals surface area (Å²) in [5.41, 5.74) is -0.239. The highest BCUT2D eigenvalue weighted by Gasteiger charge is 2.20. The summed E-state index contributed by atoms with van der Waals surface area (Å²) in [6, 6.07) is 0. The van der Waals surface area contributed by atoms with E-state index in [-0.39, 0.29) is 15.8 Å². The van der Waals surface area contributed by atoms with Crippen LogP contribution in [0.25, 0.3) is 0 Å². The molecule has 0 spiro atoms. The Morgan fingerprint density at radius 1 is 1.45 bits per heavy atom. The zero-order valence-corrected chi connectivity index (χ0v) is 14.6. The van der Waals surface area contributed by atoms with Gasteiger partial charge < -0.3 is 0 Å². The number of carbonyl (C=O) groups is 1. The van der Waals surface area contributed by atoms with Crippen molar-refractivity contribution in [3.05, 3.63) is 16.9 Å². The number of hydrogen-bond donors (Lipinski definition) is 1. The number of nitrogens with one attached hydrogen (secondary N) is 1. The first-order chi connectivity index (χ1) is 10.3. The van der Waals surface area contributed by atoms with Crippen LogP contribution in [0.3, 0.4) is 0 Å². The van der Waals surface area contributed by atoms with Crippen molar-refractivity contribution in [3.8, 4) is 0 Å². The molecule has 1 amide bonds. The van der Waals surface area contributed by atoms with Crippen molar-refractivity contribution in [2.45, 2.75) is 16.4 Å². The maximum absolute atomic E-state index is 12.1. The van der Waals surface area contributed by atoms with Crippen LogP contribution in [0.1, 0.15) is 17.4 Å². The van der Waals surface area contributed by atoms with Crippen molar-refractivity contribution in [3.63, 3.8) is 0 Å². The lowest BCUT2D eigenvalue weighted by Crippen LogP contribution is -2.17. The van der Waals surface area contributed by atoms with Crippen molar-refractivity contribution >= 4 is 55.6 Å². The molecule has 0 atom stereocenters. The molecule has 2 rings (SSSR count). The van der Waals surface area contributed by atoms with Gasteiger partial charge in [-0.25, -0.2) is 18.4 Å². The van der Waals surface area contributed by atoms with Gasteiger partial charge in [-0.2, -0.15) is 0 Å². The average Bonchev–Trinajstić information content (AvgIpc) is 2.85. The van der Waals surface area contributed by atoms with E-state index < -0.39 is 20.9 Å². The van der Waals surface area contributed by atoms with Gasteiger partial charge in [-0.1, -0.05) is 41.6 Å². The molecule has 0 aliphatic carbocycles. The molecular weight excluding hydrogens is 370 g/mol. The summed E-state index contributed by atoms with van der Waals surface area (Å²) in [6.45, 7) is 1.97. The minimum absolute atomic E-state index is 0.0578. The van der Waals surface area contributed by atoms with E-state index in [1.807, 2.05) is 6.92 Å². The van der Waals surface area contributed by atoms with Crippen LogP contribution in [-0.2, 0) is 9.84 Å². The van der Waals surface area contributed by atoms with Gasteiger partial charge in [0, 0.05) is 6.26 Å². The number of hydrogen-bond acceptors (Lipinski definition) is 9. The van der Waals surface area contributed by atoms with Crippen LogP contribution < -0.4 is 5.32 Å². The van der Waals surface area contributed by atoms with Crippen molar-refractivity contribution < 1.29 is 13.2 Å². The van der Waals surface area contributed by atoms with Crippen molar-refractivity contribution in [1.82, 2.24) is 20.2 Å². The lowest BCUT2D eigenvalue weighted by atomic mass is 10.4. The van der Waals surface area contributed by atoms with Crippen LogP contribution in [0, 0.1) is 0 Å². The number of nitrogens with zero attached hydrogens (tertiary/aromatic N) is 4. The molecule has 22 heavy (non-hydrogen) atoms. The number of rotatable bonds is 5. The van der Waals surface area contributed by atoms with Gasteiger partial charge in [-0.05, 0) is 5.75 Å². The third-order valence-corrected chi connectivity index (χ3v) is 5.15. The van der Waals surface area contributed by atoms with Crippen LogP contribution in [0.4, 0.5) is 5.13 Å². The van der Waals surface area contributed by atoms with Gasteiger partial charge in [0.2, 0.25) is 20.1 Å². The molecule has 1 N–H and O–H groups in total. The van der Waals surface area contributed by atoms with E-state index in [1.165, 1.54) is 23.1 Å². The Morgan fingerprint density at radius 3 is 2.82 bits per heavy atom. The molecule has 0 fully saturated rings. The van der Waals surface area contributed by atoms with E-state index in [4.69, 9.17) is 11.6 Å². The molecule has 0 aliphatic heterocycles. The van der Waals surface area contributed by atoms with Gasteiger partial charge in [0.25, 0.3) is 5.91 Å². The maximum atomic E-state index is 12.1. The molecule has 0 saturated heterocycles. The number of carbonyl (C=O) groups excluding carboxylic acids is 1. The van der Waals surface area contributed by atoms with Gasteiger partial charge in [-0.3, -0.25) is 10.1 Å². The Balaban J connectivity index is 2.25. The molecule has 118 valence electrons. The lowest BCUT2D eigenvalue weighted by molar-refractivity contribution is 0.102. The van der Waals surface area contributed by atoms with Crippen molar-refractivity contribution in [2.75, 3.05) is 17.3 Å².